The minimum atomic E-state index is -4.79. The van der Waals surface area contributed by atoms with Crippen molar-refractivity contribution in [2.45, 2.75) is 20.0 Å². The summed E-state index contributed by atoms with van der Waals surface area (Å²) in [6, 6.07) is 2.15. The van der Waals surface area contributed by atoms with E-state index in [4.69, 9.17) is 0 Å². The second-order valence-corrected chi connectivity index (χ2v) is 4.69. The number of aryl methyl sites for hydroxylation is 2. The third-order valence-corrected chi connectivity index (χ3v) is 3.27. The van der Waals surface area contributed by atoms with E-state index in [2.05, 4.69) is 5.10 Å². The van der Waals surface area contributed by atoms with Crippen LogP contribution in [0.25, 0.3) is 0 Å². The van der Waals surface area contributed by atoms with Crippen LogP contribution in [0, 0.1) is 19.7 Å². The Morgan fingerprint density at radius 3 is 2.29 bits per heavy atom. The highest BCUT2D eigenvalue weighted by Gasteiger charge is 2.34. The van der Waals surface area contributed by atoms with E-state index in [1.54, 1.807) is 20.9 Å². The lowest BCUT2D eigenvalue weighted by Gasteiger charge is -2.09. The van der Waals surface area contributed by atoms with Crippen molar-refractivity contribution in [3.63, 3.8) is 0 Å². The number of carbonyl (C=O) groups excluding carboxylic acids is 1. The van der Waals surface area contributed by atoms with Crippen LogP contribution in [0.1, 0.15) is 32.9 Å². The molecule has 0 spiro atoms. The molecule has 112 valence electrons. The number of nitrogens with zero attached hydrogens (tertiary/aromatic N) is 2. The van der Waals surface area contributed by atoms with Gasteiger partial charge < -0.3 is 0 Å². The van der Waals surface area contributed by atoms with Crippen LogP contribution in [0.15, 0.2) is 18.2 Å². The van der Waals surface area contributed by atoms with Gasteiger partial charge in [-0.2, -0.15) is 18.3 Å². The minimum absolute atomic E-state index is 0.139. The molecule has 2 aromatic rings. The van der Waals surface area contributed by atoms with Crippen LogP contribution in [0.2, 0.25) is 0 Å². The summed E-state index contributed by atoms with van der Waals surface area (Å²) in [5.41, 5.74) is -0.242. The molecular formula is C14H12F4N2O. The molecule has 0 bridgehead atoms. The molecule has 2 rings (SSSR count). The molecule has 0 aliphatic rings. The Balaban J connectivity index is 2.48. The molecule has 1 aromatic heterocycles. The molecular weight excluding hydrogens is 288 g/mol. The van der Waals surface area contributed by atoms with E-state index in [-0.39, 0.29) is 11.1 Å². The summed E-state index contributed by atoms with van der Waals surface area (Å²) in [6.45, 7) is 3.27. The molecule has 0 unspecified atom stereocenters. The second-order valence-electron chi connectivity index (χ2n) is 4.69. The number of rotatable bonds is 2. The van der Waals surface area contributed by atoms with Crippen molar-refractivity contribution < 1.29 is 22.4 Å². The molecule has 0 N–H and O–H groups in total. The van der Waals surface area contributed by atoms with Crippen LogP contribution in [0.5, 0.6) is 0 Å². The average Bonchev–Trinajstić information content (AvgIpc) is 2.61. The van der Waals surface area contributed by atoms with E-state index < -0.39 is 23.3 Å². The van der Waals surface area contributed by atoms with E-state index in [0.29, 0.717) is 23.5 Å². The van der Waals surface area contributed by atoms with E-state index in [9.17, 15) is 22.4 Å². The monoisotopic (exact) mass is 300 g/mol. The predicted octanol–water partition coefficient (Wildman–Crippen LogP) is 3.43. The van der Waals surface area contributed by atoms with Gasteiger partial charge >= 0.3 is 6.18 Å². The summed E-state index contributed by atoms with van der Waals surface area (Å²) < 4.78 is 52.5. The van der Waals surface area contributed by atoms with Gasteiger partial charge in [-0.1, -0.05) is 6.07 Å². The lowest BCUT2D eigenvalue weighted by molar-refractivity contribution is -0.140. The maximum Gasteiger partial charge on any atom is 0.419 e. The quantitative estimate of drug-likeness (QED) is 0.629. The Morgan fingerprint density at radius 2 is 1.86 bits per heavy atom. The molecule has 0 saturated heterocycles. The molecule has 0 amide bonds. The molecule has 0 fully saturated rings. The Bertz CT molecular complexity index is 716. The molecule has 1 heterocycles. The maximum absolute atomic E-state index is 13.5. The van der Waals surface area contributed by atoms with Gasteiger partial charge in [0.2, 0.25) is 0 Å². The lowest BCUT2D eigenvalue weighted by atomic mass is 10.00. The van der Waals surface area contributed by atoms with Gasteiger partial charge in [0, 0.05) is 18.3 Å². The van der Waals surface area contributed by atoms with Crippen LogP contribution in [-0.4, -0.2) is 15.6 Å². The minimum Gasteiger partial charge on any atom is -0.288 e. The van der Waals surface area contributed by atoms with Gasteiger partial charge in [-0.15, -0.1) is 0 Å². The molecule has 1 aromatic carbocycles. The van der Waals surface area contributed by atoms with Gasteiger partial charge in [-0.05, 0) is 26.0 Å². The number of hydrogen-bond donors (Lipinski definition) is 0. The number of carbonyl (C=O) groups is 1. The normalized spacial score (nSPS) is 11.8. The van der Waals surface area contributed by atoms with Gasteiger partial charge in [0.1, 0.15) is 5.82 Å². The van der Waals surface area contributed by atoms with Gasteiger partial charge in [0.15, 0.2) is 5.78 Å². The third kappa shape index (κ3) is 2.68. The first kappa shape index (κ1) is 15.2. The number of hydrogen-bond acceptors (Lipinski definition) is 2. The molecule has 0 aliphatic carbocycles. The largest absolute Gasteiger partial charge is 0.419 e. The summed E-state index contributed by atoms with van der Waals surface area (Å²) in [5, 5.41) is 4.06. The van der Waals surface area contributed by atoms with Crippen molar-refractivity contribution in [1.29, 1.82) is 0 Å². The van der Waals surface area contributed by atoms with E-state index in [1.165, 1.54) is 4.68 Å². The SMILES string of the molecule is Cc1nn(C)c(C)c1C(=O)c1ccc(C(F)(F)F)c(F)c1. The molecule has 3 nitrogen and oxygen atoms in total. The van der Waals surface area contributed by atoms with Gasteiger partial charge in [-0.25, -0.2) is 4.39 Å². The summed E-state index contributed by atoms with van der Waals surface area (Å²) >= 11 is 0. The number of aromatic nitrogens is 2. The first-order valence-corrected chi connectivity index (χ1v) is 6.04. The van der Waals surface area contributed by atoms with Crippen molar-refractivity contribution in [2.75, 3.05) is 0 Å². The van der Waals surface area contributed by atoms with Crippen LogP contribution in [0.4, 0.5) is 17.6 Å². The van der Waals surface area contributed by atoms with Crippen molar-refractivity contribution in [1.82, 2.24) is 9.78 Å². The smallest absolute Gasteiger partial charge is 0.288 e. The molecule has 0 saturated carbocycles. The first-order valence-electron chi connectivity index (χ1n) is 6.04. The highest BCUT2D eigenvalue weighted by Crippen LogP contribution is 2.32. The summed E-state index contributed by atoms with van der Waals surface area (Å²) in [4.78, 5) is 12.3. The van der Waals surface area contributed by atoms with Crippen molar-refractivity contribution in [3.8, 4) is 0 Å². The number of halogens is 4. The fraction of sp³-hybridized carbons (Fsp3) is 0.286. The average molecular weight is 300 g/mol. The highest BCUT2D eigenvalue weighted by molar-refractivity contribution is 6.10. The Hall–Kier alpha value is -2.18. The summed E-state index contributed by atoms with van der Waals surface area (Å²) in [6.07, 6.45) is -4.79. The van der Waals surface area contributed by atoms with Crippen LogP contribution < -0.4 is 0 Å². The lowest BCUT2D eigenvalue weighted by Crippen LogP contribution is -2.11. The van der Waals surface area contributed by atoms with Gasteiger partial charge in [-0.3, -0.25) is 9.48 Å². The molecule has 7 heteroatoms. The zero-order chi connectivity index (χ0) is 15.9. The standard InChI is InChI=1S/C14H12F4N2O/c1-7-12(8(2)20(3)19-7)13(21)9-4-5-10(11(15)6-9)14(16,17)18/h4-6H,1-3H3. The molecule has 0 aliphatic heterocycles. The Morgan fingerprint density at radius 1 is 1.24 bits per heavy atom. The zero-order valence-electron chi connectivity index (χ0n) is 11.5. The summed E-state index contributed by atoms with van der Waals surface area (Å²) in [7, 11) is 1.65. The van der Waals surface area contributed by atoms with E-state index >= 15 is 0 Å². The third-order valence-electron chi connectivity index (χ3n) is 3.27. The fourth-order valence-electron chi connectivity index (χ4n) is 2.13. The molecule has 21 heavy (non-hydrogen) atoms. The maximum atomic E-state index is 13.5. The van der Waals surface area contributed by atoms with Crippen molar-refractivity contribution in [3.05, 3.63) is 52.1 Å². The first-order chi connectivity index (χ1) is 9.62. The Kier molecular flexibility index (Phi) is 3.61. The fourth-order valence-corrected chi connectivity index (χ4v) is 2.13. The molecule has 0 radical (unpaired) electrons. The number of alkyl halides is 3. The van der Waals surface area contributed by atoms with E-state index in [0.717, 1.165) is 6.07 Å². The second kappa shape index (κ2) is 4.98. The number of benzene rings is 1. The summed E-state index contributed by atoms with van der Waals surface area (Å²) in [5.74, 6) is -2.02. The van der Waals surface area contributed by atoms with Crippen LogP contribution in [0.3, 0.4) is 0 Å². The van der Waals surface area contributed by atoms with Crippen molar-refractivity contribution >= 4 is 5.78 Å². The topological polar surface area (TPSA) is 34.9 Å². The molecule has 0 atom stereocenters. The predicted molar refractivity (Wildman–Crippen MR) is 67.5 cm³/mol. The highest BCUT2D eigenvalue weighted by atomic mass is 19.4. The van der Waals surface area contributed by atoms with Crippen molar-refractivity contribution in [2.24, 2.45) is 7.05 Å². The van der Waals surface area contributed by atoms with Crippen LogP contribution >= 0.6 is 0 Å². The van der Waals surface area contributed by atoms with Gasteiger partial charge in [0.25, 0.3) is 0 Å². The van der Waals surface area contributed by atoms with Gasteiger partial charge in [0.05, 0.1) is 16.8 Å². The Labute approximate surface area is 118 Å². The van der Waals surface area contributed by atoms with E-state index in [1.807, 2.05) is 0 Å². The number of ketones is 1. The van der Waals surface area contributed by atoms with Crippen LogP contribution in [-0.2, 0) is 13.2 Å². The zero-order valence-corrected chi connectivity index (χ0v) is 11.5.